The standard InChI is InChI=1S/C20H20F3N3O4S2.ClH/c1-25(2)10-11-26(18(27)14-6-4-5-7-17(14)32(3,28)29)19-24-15-9-8-13(12-16(15)31-19)30-20(21,22)23;/h4-9,12H,10-11H2,1-3H3;1H. The maximum atomic E-state index is 13.4. The summed E-state index contributed by atoms with van der Waals surface area (Å²) in [6.45, 7) is 0.640. The number of halogens is 4. The van der Waals surface area contributed by atoms with Crippen molar-refractivity contribution in [2.24, 2.45) is 0 Å². The summed E-state index contributed by atoms with van der Waals surface area (Å²) in [4.78, 5) is 20.8. The number of amides is 1. The van der Waals surface area contributed by atoms with Crippen molar-refractivity contribution in [3.05, 3.63) is 48.0 Å². The highest BCUT2D eigenvalue weighted by Crippen LogP contribution is 2.34. The molecule has 0 aliphatic carbocycles. The summed E-state index contributed by atoms with van der Waals surface area (Å²) in [5, 5.41) is 0.235. The molecule has 0 saturated carbocycles. The molecule has 33 heavy (non-hydrogen) atoms. The fourth-order valence-corrected chi connectivity index (χ4v) is 4.80. The number of aromatic nitrogens is 1. The minimum Gasteiger partial charge on any atom is -0.406 e. The van der Waals surface area contributed by atoms with Gasteiger partial charge in [-0.2, -0.15) is 0 Å². The summed E-state index contributed by atoms with van der Waals surface area (Å²) in [6, 6.07) is 9.57. The molecule has 3 rings (SSSR count). The van der Waals surface area contributed by atoms with Crippen molar-refractivity contribution in [2.75, 3.05) is 38.3 Å². The van der Waals surface area contributed by atoms with E-state index in [0.717, 1.165) is 23.7 Å². The predicted molar refractivity (Wildman–Crippen MR) is 123 cm³/mol. The number of thiazole rings is 1. The molecule has 0 aliphatic rings. The molecule has 2 aromatic carbocycles. The number of alkyl halides is 3. The Morgan fingerprint density at radius 1 is 1.12 bits per heavy atom. The molecule has 0 unspecified atom stereocenters. The van der Waals surface area contributed by atoms with Crippen LogP contribution in [0.5, 0.6) is 5.75 Å². The third-order valence-electron chi connectivity index (χ3n) is 4.35. The number of ether oxygens (including phenoxy) is 1. The molecule has 0 aliphatic heterocycles. The smallest absolute Gasteiger partial charge is 0.406 e. The minimum atomic E-state index is -4.83. The summed E-state index contributed by atoms with van der Waals surface area (Å²) in [5.74, 6) is -0.965. The van der Waals surface area contributed by atoms with Crippen molar-refractivity contribution in [2.45, 2.75) is 11.3 Å². The van der Waals surface area contributed by atoms with Gasteiger partial charge in [0.25, 0.3) is 5.91 Å². The Bertz CT molecular complexity index is 1250. The normalized spacial score (nSPS) is 12.0. The molecule has 0 N–H and O–H groups in total. The van der Waals surface area contributed by atoms with Crippen LogP contribution in [0.4, 0.5) is 18.3 Å². The Hall–Kier alpha value is -2.41. The van der Waals surface area contributed by atoms with Gasteiger partial charge in [0.1, 0.15) is 5.75 Å². The first-order valence-corrected chi connectivity index (χ1v) is 12.0. The van der Waals surface area contributed by atoms with Crippen LogP contribution in [0, 0.1) is 0 Å². The molecule has 0 spiro atoms. The monoisotopic (exact) mass is 523 g/mol. The highest BCUT2D eigenvalue weighted by Gasteiger charge is 2.31. The molecule has 0 fully saturated rings. The average molecular weight is 524 g/mol. The zero-order valence-electron chi connectivity index (χ0n) is 17.8. The Kier molecular flexibility index (Phi) is 8.33. The number of hydrogen-bond donors (Lipinski definition) is 0. The minimum absolute atomic E-state index is 0. The molecule has 180 valence electrons. The Morgan fingerprint density at radius 3 is 2.39 bits per heavy atom. The number of fused-ring (bicyclic) bond motifs is 1. The zero-order valence-corrected chi connectivity index (χ0v) is 20.2. The van der Waals surface area contributed by atoms with E-state index >= 15 is 0 Å². The van der Waals surface area contributed by atoms with Crippen molar-refractivity contribution in [1.82, 2.24) is 9.88 Å². The van der Waals surface area contributed by atoms with Gasteiger partial charge in [0, 0.05) is 25.4 Å². The van der Waals surface area contributed by atoms with Crippen molar-refractivity contribution in [3.63, 3.8) is 0 Å². The lowest BCUT2D eigenvalue weighted by atomic mass is 10.2. The number of sulfone groups is 1. The van der Waals surface area contributed by atoms with Gasteiger partial charge in [-0.15, -0.1) is 25.6 Å². The van der Waals surface area contributed by atoms with Crippen molar-refractivity contribution < 1.29 is 31.1 Å². The van der Waals surface area contributed by atoms with Crippen LogP contribution in [0.3, 0.4) is 0 Å². The lowest BCUT2D eigenvalue weighted by Crippen LogP contribution is -2.37. The van der Waals surface area contributed by atoms with Crippen LogP contribution in [-0.4, -0.2) is 64.0 Å². The molecule has 7 nitrogen and oxygen atoms in total. The maximum absolute atomic E-state index is 13.4. The van der Waals surface area contributed by atoms with Crippen molar-refractivity contribution in [1.29, 1.82) is 0 Å². The first kappa shape index (κ1) is 26.8. The van der Waals surface area contributed by atoms with Crippen LogP contribution in [0.25, 0.3) is 10.2 Å². The molecule has 0 radical (unpaired) electrons. The van der Waals surface area contributed by atoms with Gasteiger partial charge in [-0.3, -0.25) is 9.69 Å². The number of benzene rings is 2. The summed E-state index contributed by atoms with van der Waals surface area (Å²) in [6.07, 6.45) is -3.81. The molecule has 1 heterocycles. The highest BCUT2D eigenvalue weighted by atomic mass is 35.5. The van der Waals surface area contributed by atoms with Crippen LogP contribution in [0.2, 0.25) is 0 Å². The highest BCUT2D eigenvalue weighted by molar-refractivity contribution is 7.90. The second kappa shape index (κ2) is 10.2. The topological polar surface area (TPSA) is 79.8 Å². The van der Waals surface area contributed by atoms with Crippen LogP contribution in [0.15, 0.2) is 47.4 Å². The van der Waals surface area contributed by atoms with Crippen LogP contribution in [0.1, 0.15) is 10.4 Å². The second-order valence-corrected chi connectivity index (χ2v) is 10.2. The van der Waals surface area contributed by atoms with E-state index in [4.69, 9.17) is 0 Å². The van der Waals surface area contributed by atoms with Crippen LogP contribution in [-0.2, 0) is 9.84 Å². The maximum Gasteiger partial charge on any atom is 0.573 e. The number of carbonyl (C=O) groups is 1. The molecular formula is C20H21ClF3N3O4S2. The third kappa shape index (κ3) is 6.79. The third-order valence-corrected chi connectivity index (χ3v) is 6.54. The summed E-state index contributed by atoms with van der Waals surface area (Å²) < 4.78 is 66.3. The fraction of sp³-hybridized carbons (Fsp3) is 0.300. The van der Waals surface area contributed by atoms with E-state index in [-0.39, 0.29) is 34.5 Å². The first-order valence-electron chi connectivity index (χ1n) is 9.27. The van der Waals surface area contributed by atoms with Gasteiger partial charge in [-0.25, -0.2) is 13.4 Å². The Labute approximate surface area is 199 Å². The van der Waals surface area contributed by atoms with Crippen LogP contribution >= 0.6 is 23.7 Å². The van der Waals surface area contributed by atoms with E-state index in [1.165, 1.54) is 35.2 Å². The molecule has 0 atom stereocenters. The van der Waals surface area contributed by atoms with Crippen molar-refractivity contribution in [3.8, 4) is 5.75 Å². The number of anilines is 1. The summed E-state index contributed by atoms with van der Waals surface area (Å²) in [7, 11) is -0.0477. The second-order valence-electron chi connectivity index (χ2n) is 7.20. The SMILES string of the molecule is CN(C)CCN(C(=O)c1ccccc1S(C)(=O)=O)c1nc2ccc(OC(F)(F)F)cc2s1.Cl. The zero-order chi connectivity index (χ0) is 23.7. The predicted octanol–water partition coefficient (Wildman–Crippen LogP) is 4.23. The fourth-order valence-electron chi connectivity index (χ4n) is 2.90. The van der Waals surface area contributed by atoms with E-state index in [2.05, 4.69) is 9.72 Å². The quantitative estimate of drug-likeness (QED) is 0.461. The average Bonchev–Trinajstić information content (AvgIpc) is 3.08. The molecule has 1 amide bonds. The number of hydrogen-bond acceptors (Lipinski definition) is 7. The van der Waals surface area contributed by atoms with E-state index < -0.39 is 27.9 Å². The van der Waals surface area contributed by atoms with Gasteiger partial charge >= 0.3 is 6.36 Å². The van der Waals surface area contributed by atoms with Gasteiger partial charge < -0.3 is 9.64 Å². The van der Waals surface area contributed by atoms with E-state index in [0.29, 0.717) is 16.8 Å². The largest absolute Gasteiger partial charge is 0.573 e. The molecule has 0 bridgehead atoms. The lowest BCUT2D eigenvalue weighted by molar-refractivity contribution is -0.274. The van der Waals surface area contributed by atoms with Gasteiger partial charge in [0.05, 0.1) is 20.7 Å². The summed E-state index contributed by atoms with van der Waals surface area (Å²) >= 11 is 1.01. The molecule has 0 saturated heterocycles. The molecule has 13 heteroatoms. The van der Waals surface area contributed by atoms with Gasteiger partial charge in [0.15, 0.2) is 15.0 Å². The molecule has 3 aromatic rings. The lowest BCUT2D eigenvalue weighted by Gasteiger charge is -2.22. The Balaban J connectivity index is 0.00000385. The Morgan fingerprint density at radius 2 is 1.79 bits per heavy atom. The number of rotatable bonds is 7. The number of nitrogens with zero attached hydrogens (tertiary/aromatic N) is 3. The summed E-state index contributed by atoms with van der Waals surface area (Å²) in [5.41, 5.74) is 0.382. The van der Waals surface area contributed by atoms with E-state index in [1.807, 2.05) is 19.0 Å². The van der Waals surface area contributed by atoms with Gasteiger partial charge in [-0.05, 0) is 38.4 Å². The number of carbonyl (C=O) groups excluding carboxylic acids is 1. The van der Waals surface area contributed by atoms with Gasteiger partial charge in [-0.1, -0.05) is 23.5 Å². The molecule has 1 aromatic heterocycles. The van der Waals surface area contributed by atoms with E-state index in [9.17, 15) is 26.4 Å². The molecular weight excluding hydrogens is 503 g/mol. The van der Waals surface area contributed by atoms with E-state index in [1.54, 1.807) is 6.07 Å². The van der Waals surface area contributed by atoms with Crippen molar-refractivity contribution >= 4 is 54.8 Å². The first-order chi connectivity index (χ1) is 14.8. The number of likely N-dealkylation sites (N-methyl/N-ethyl adjacent to an activating group) is 1. The van der Waals surface area contributed by atoms with Gasteiger partial charge in [0.2, 0.25) is 0 Å². The van der Waals surface area contributed by atoms with Crippen LogP contribution < -0.4 is 9.64 Å².